The van der Waals surface area contributed by atoms with Gasteiger partial charge in [-0.1, -0.05) is 6.07 Å². The molecule has 7 nitrogen and oxygen atoms in total. The van der Waals surface area contributed by atoms with Gasteiger partial charge in [0, 0.05) is 10.9 Å². The highest BCUT2D eigenvalue weighted by Gasteiger charge is 2.10. The number of amides is 2. The molecule has 1 heterocycles. The van der Waals surface area contributed by atoms with Crippen LogP contribution in [0.5, 0.6) is 5.75 Å². The van der Waals surface area contributed by atoms with Gasteiger partial charge >= 0.3 is 0 Å². The number of ether oxygens (including phenoxy) is 1. The summed E-state index contributed by atoms with van der Waals surface area (Å²) in [4.78, 5) is 27.4. The van der Waals surface area contributed by atoms with Crippen LogP contribution in [0.3, 0.4) is 0 Å². The van der Waals surface area contributed by atoms with Crippen LogP contribution in [0.25, 0.3) is 11.0 Å². The SMILES string of the molecule is COc1ccc2oc(=Nc3cccc(C(N)=O)c3)c(C(N)=O)cc2c1. The monoisotopic (exact) mass is 337 g/mol. The van der Waals surface area contributed by atoms with Gasteiger partial charge in [0.25, 0.3) is 5.91 Å². The molecule has 0 aliphatic carbocycles. The molecule has 0 atom stereocenters. The molecule has 0 saturated heterocycles. The highest BCUT2D eigenvalue weighted by atomic mass is 16.5. The highest BCUT2D eigenvalue weighted by molar-refractivity contribution is 5.96. The smallest absolute Gasteiger partial charge is 0.254 e. The predicted molar refractivity (Wildman–Crippen MR) is 91.5 cm³/mol. The van der Waals surface area contributed by atoms with Crippen LogP contribution >= 0.6 is 0 Å². The van der Waals surface area contributed by atoms with Crippen molar-refractivity contribution in [2.75, 3.05) is 7.11 Å². The first-order valence-corrected chi connectivity index (χ1v) is 7.34. The Labute approximate surface area is 142 Å². The van der Waals surface area contributed by atoms with Crippen LogP contribution in [0.2, 0.25) is 0 Å². The quantitative estimate of drug-likeness (QED) is 0.754. The molecule has 0 radical (unpaired) electrons. The summed E-state index contributed by atoms with van der Waals surface area (Å²) < 4.78 is 10.9. The van der Waals surface area contributed by atoms with E-state index in [0.717, 1.165) is 0 Å². The Morgan fingerprint density at radius 1 is 1.04 bits per heavy atom. The average Bonchev–Trinajstić information content (AvgIpc) is 2.60. The molecule has 0 bridgehead atoms. The first kappa shape index (κ1) is 16.3. The minimum absolute atomic E-state index is 0.0480. The molecule has 0 spiro atoms. The van der Waals surface area contributed by atoms with Gasteiger partial charge < -0.3 is 20.6 Å². The van der Waals surface area contributed by atoms with Crippen LogP contribution in [-0.2, 0) is 0 Å². The Hall–Kier alpha value is -3.61. The van der Waals surface area contributed by atoms with E-state index >= 15 is 0 Å². The number of hydrogen-bond donors (Lipinski definition) is 2. The third kappa shape index (κ3) is 3.35. The summed E-state index contributed by atoms with van der Waals surface area (Å²) in [6, 6.07) is 13.1. The molecule has 126 valence electrons. The minimum atomic E-state index is -0.682. The van der Waals surface area contributed by atoms with E-state index in [9.17, 15) is 9.59 Å². The van der Waals surface area contributed by atoms with E-state index in [-0.39, 0.29) is 11.1 Å². The molecule has 4 N–H and O–H groups in total. The predicted octanol–water partition coefficient (Wildman–Crippen LogP) is 1.87. The van der Waals surface area contributed by atoms with Gasteiger partial charge in [-0.2, -0.15) is 0 Å². The van der Waals surface area contributed by atoms with Crippen LogP contribution in [-0.4, -0.2) is 18.9 Å². The Balaban J connectivity index is 2.23. The van der Waals surface area contributed by atoms with E-state index < -0.39 is 11.8 Å². The van der Waals surface area contributed by atoms with E-state index in [1.165, 1.54) is 6.07 Å². The number of primary amides is 2. The van der Waals surface area contributed by atoms with Crippen molar-refractivity contribution >= 4 is 28.5 Å². The van der Waals surface area contributed by atoms with Gasteiger partial charge in [-0.05, 0) is 42.5 Å². The summed E-state index contributed by atoms with van der Waals surface area (Å²) in [5.74, 6) is -0.634. The lowest BCUT2D eigenvalue weighted by atomic mass is 10.1. The van der Waals surface area contributed by atoms with Crippen molar-refractivity contribution in [2.45, 2.75) is 0 Å². The molecule has 3 aromatic rings. The van der Waals surface area contributed by atoms with E-state index in [4.69, 9.17) is 20.6 Å². The van der Waals surface area contributed by atoms with Crippen molar-refractivity contribution in [3.63, 3.8) is 0 Å². The number of carbonyl (C=O) groups excluding carboxylic acids is 2. The number of nitrogens with two attached hydrogens (primary N) is 2. The fraction of sp³-hybridized carbons (Fsp3) is 0.0556. The fourth-order valence-corrected chi connectivity index (χ4v) is 2.34. The summed E-state index contributed by atoms with van der Waals surface area (Å²) in [6.07, 6.45) is 0. The van der Waals surface area contributed by atoms with Crippen LogP contribution < -0.4 is 21.8 Å². The zero-order valence-corrected chi connectivity index (χ0v) is 13.4. The molecule has 0 unspecified atom stereocenters. The number of fused-ring (bicyclic) bond motifs is 1. The van der Waals surface area contributed by atoms with Gasteiger partial charge in [0.15, 0.2) is 0 Å². The average molecular weight is 337 g/mol. The van der Waals surface area contributed by atoms with Gasteiger partial charge in [-0.15, -0.1) is 0 Å². The van der Waals surface area contributed by atoms with Gasteiger partial charge in [0.05, 0.1) is 12.8 Å². The second-order valence-corrected chi connectivity index (χ2v) is 5.26. The molecular formula is C18H15N3O4. The first-order valence-electron chi connectivity index (χ1n) is 7.34. The van der Waals surface area contributed by atoms with Crippen molar-refractivity contribution in [3.8, 4) is 5.75 Å². The van der Waals surface area contributed by atoms with Crippen LogP contribution in [0, 0.1) is 0 Å². The van der Waals surface area contributed by atoms with Gasteiger partial charge in [-0.3, -0.25) is 9.59 Å². The number of rotatable bonds is 4. The van der Waals surface area contributed by atoms with Crippen LogP contribution in [0.1, 0.15) is 20.7 Å². The van der Waals surface area contributed by atoms with Crippen molar-refractivity contribution in [1.29, 1.82) is 0 Å². The molecule has 3 rings (SSSR count). The molecule has 2 amide bonds. The van der Waals surface area contributed by atoms with E-state index in [0.29, 0.717) is 28.0 Å². The van der Waals surface area contributed by atoms with Crippen molar-refractivity contribution < 1.29 is 18.7 Å². The van der Waals surface area contributed by atoms with E-state index in [2.05, 4.69) is 4.99 Å². The topological polar surface area (TPSA) is 121 Å². The Kier molecular flexibility index (Phi) is 4.21. The summed E-state index contributed by atoms with van der Waals surface area (Å²) in [6.45, 7) is 0. The van der Waals surface area contributed by atoms with Crippen LogP contribution in [0.15, 0.2) is 57.9 Å². The molecule has 0 saturated carbocycles. The van der Waals surface area contributed by atoms with Crippen molar-refractivity contribution in [2.24, 2.45) is 16.5 Å². The minimum Gasteiger partial charge on any atom is -0.497 e. The normalized spacial score (nSPS) is 11.5. The van der Waals surface area contributed by atoms with E-state index in [1.807, 2.05) is 0 Å². The molecule has 25 heavy (non-hydrogen) atoms. The van der Waals surface area contributed by atoms with Crippen molar-refractivity contribution in [3.05, 3.63) is 65.2 Å². The maximum Gasteiger partial charge on any atom is 0.254 e. The summed E-state index contributed by atoms with van der Waals surface area (Å²) in [5.41, 5.74) is 12.1. The molecule has 0 fully saturated rings. The van der Waals surface area contributed by atoms with Crippen LogP contribution in [0.4, 0.5) is 5.69 Å². The Bertz CT molecular complexity index is 1050. The zero-order chi connectivity index (χ0) is 18.0. The molecule has 0 aliphatic rings. The number of carbonyl (C=O) groups is 2. The Morgan fingerprint density at radius 3 is 2.52 bits per heavy atom. The largest absolute Gasteiger partial charge is 0.497 e. The van der Waals surface area contributed by atoms with Gasteiger partial charge in [0.2, 0.25) is 11.5 Å². The highest BCUT2D eigenvalue weighted by Crippen LogP contribution is 2.21. The molecule has 2 aromatic carbocycles. The summed E-state index contributed by atoms with van der Waals surface area (Å²) in [5, 5.41) is 0.651. The number of methoxy groups -OCH3 is 1. The molecule has 0 aliphatic heterocycles. The summed E-state index contributed by atoms with van der Waals surface area (Å²) in [7, 11) is 1.54. The summed E-state index contributed by atoms with van der Waals surface area (Å²) >= 11 is 0. The number of benzene rings is 2. The zero-order valence-electron chi connectivity index (χ0n) is 13.4. The molecular weight excluding hydrogens is 322 g/mol. The second kappa shape index (κ2) is 6.48. The third-order valence-electron chi connectivity index (χ3n) is 3.58. The first-order chi connectivity index (χ1) is 12.0. The fourth-order valence-electron chi connectivity index (χ4n) is 2.34. The van der Waals surface area contributed by atoms with Gasteiger partial charge in [-0.25, -0.2) is 4.99 Å². The van der Waals surface area contributed by atoms with Crippen molar-refractivity contribution in [1.82, 2.24) is 0 Å². The maximum absolute atomic E-state index is 11.8. The standard InChI is InChI=1S/C18H15N3O4/c1-24-13-5-6-15-11(8-13)9-14(17(20)23)18(25-15)21-12-4-2-3-10(7-12)16(19)22/h2-9H,1H3,(H2,19,22)(H2,20,23). The Morgan fingerprint density at radius 2 is 1.84 bits per heavy atom. The lowest BCUT2D eigenvalue weighted by Gasteiger charge is -2.04. The maximum atomic E-state index is 11.8. The number of hydrogen-bond acceptors (Lipinski definition) is 5. The van der Waals surface area contributed by atoms with E-state index in [1.54, 1.807) is 49.6 Å². The lowest BCUT2D eigenvalue weighted by molar-refractivity contribution is 0.0989. The van der Waals surface area contributed by atoms with Gasteiger partial charge in [0.1, 0.15) is 16.9 Å². The molecule has 7 heteroatoms. The number of nitrogens with zero attached hydrogens (tertiary/aromatic N) is 1. The molecule has 1 aromatic heterocycles. The second-order valence-electron chi connectivity index (χ2n) is 5.26. The third-order valence-corrected chi connectivity index (χ3v) is 3.58. The lowest BCUT2D eigenvalue weighted by Crippen LogP contribution is -2.21.